The molecule has 0 saturated heterocycles. The van der Waals surface area contributed by atoms with Gasteiger partial charge >= 0.3 is 0 Å². The molecule has 0 aliphatic rings. The molecule has 0 aromatic heterocycles. The van der Waals surface area contributed by atoms with Crippen LogP contribution < -0.4 is 10.1 Å². The van der Waals surface area contributed by atoms with Crippen LogP contribution in [0, 0.1) is 17.5 Å². The maximum Gasteiger partial charge on any atom is 0.172 e. The molecule has 7 heteroatoms. The lowest BCUT2D eigenvalue weighted by atomic mass is 10.2. The van der Waals surface area contributed by atoms with Crippen LogP contribution in [0.15, 0.2) is 28.7 Å². The Labute approximate surface area is 127 Å². The summed E-state index contributed by atoms with van der Waals surface area (Å²) in [6.07, 6.45) is 0. The number of methoxy groups -OCH3 is 1. The van der Waals surface area contributed by atoms with E-state index in [0.29, 0.717) is 16.1 Å². The Hall–Kier alpha value is -1.89. The van der Waals surface area contributed by atoms with Gasteiger partial charge in [-0.05, 0) is 33.6 Å². The van der Waals surface area contributed by atoms with Crippen LogP contribution in [0.1, 0.15) is 5.56 Å². The zero-order valence-electron chi connectivity index (χ0n) is 10.9. The van der Waals surface area contributed by atoms with Crippen molar-refractivity contribution < 1.29 is 23.0 Å². The van der Waals surface area contributed by atoms with E-state index < -0.39 is 17.5 Å². The average molecular weight is 362 g/mol. The van der Waals surface area contributed by atoms with Gasteiger partial charge in [0.1, 0.15) is 5.82 Å². The maximum absolute atomic E-state index is 13.5. The molecule has 0 amide bonds. The number of halogens is 4. The Morgan fingerprint density at radius 3 is 2.43 bits per heavy atom. The third-order valence-corrected chi connectivity index (χ3v) is 3.41. The molecule has 0 atom stereocenters. The number of benzene rings is 2. The number of phenolic OH excluding ortho intramolecular Hbond substituents is 1. The minimum absolute atomic E-state index is 0.0553. The summed E-state index contributed by atoms with van der Waals surface area (Å²) in [7, 11) is 1.40. The summed E-state index contributed by atoms with van der Waals surface area (Å²) in [5.41, 5.74) is 0.498. The SMILES string of the molecule is COc1cc(CNc2cc(F)c(F)cc2F)cc(Br)c1O. The van der Waals surface area contributed by atoms with Crippen molar-refractivity contribution in [1.29, 1.82) is 0 Å². The van der Waals surface area contributed by atoms with E-state index in [0.717, 1.165) is 6.07 Å². The van der Waals surface area contributed by atoms with E-state index in [1.165, 1.54) is 7.11 Å². The van der Waals surface area contributed by atoms with E-state index in [9.17, 15) is 18.3 Å². The number of hydrogen-bond acceptors (Lipinski definition) is 3. The van der Waals surface area contributed by atoms with Gasteiger partial charge in [0.2, 0.25) is 0 Å². The average Bonchev–Trinajstić information content (AvgIpc) is 2.44. The Bertz CT molecular complexity index is 680. The van der Waals surface area contributed by atoms with E-state index in [2.05, 4.69) is 21.2 Å². The monoisotopic (exact) mass is 361 g/mol. The molecule has 0 saturated carbocycles. The first-order chi connectivity index (χ1) is 9.92. The van der Waals surface area contributed by atoms with Gasteiger partial charge in [-0.15, -0.1) is 0 Å². The molecule has 0 radical (unpaired) electrons. The van der Waals surface area contributed by atoms with Gasteiger partial charge in [0.15, 0.2) is 23.1 Å². The van der Waals surface area contributed by atoms with E-state index in [-0.39, 0.29) is 23.7 Å². The van der Waals surface area contributed by atoms with Crippen molar-refractivity contribution >= 4 is 21.6 Å². The molecule has 0 unspecified atom stereocenters. The van der Waals surface area contributed by atoms with E-state index >= 15 is 0 Å². The van der Waals surface area contributed by atoms with Crippen LogP contribution in [0.5, 0.6) is 11.5 Å². The summed E-state index contributed by atoms with van der Waals surface area (Å²) in [6.45, 7) is 0.136. The lowest BCUT2D eigenvalue weighted by Crippen LogP contribution is -2.03. The fourth-order valence-electron chi connectivity index (χ4n) is 1.74. The first-order valence-electron chi connectivity index (χ1n) is 5.86. The quantitative estimate of drug-likeness (QED) is 0.802. The molecule has 0 fully saturated rings. The number of nitrogens with one attached hydrogen (secondary N) is 1. The smallest absolute Gasteiger partial charge is 0.172 e. The molecular weight excluding hydrogens is 351 g/mol. The number of phenols is 1. The lowest BCUT2D eigenvalue weighted by Gasteiger charge is -2.11. The number of rotatable bonds is 4. The molecule has 21 heavy (non-hydrogen) atoms. The van der Waals surface area contributed by atoms with E-state index in [4.69, 9.17) is 4.74 Å². The summed E-state index contributed by atoms with van der Waals surface area (Å²) in [5, 5.41) is 12.3. The highest BCUT2D eigenvalue weighted by Gasteiger charge is 2.11. The Morgan fingerprint density at radius 1 is 1.10 bits per heavy atom. The van der Waals surface area contributed by atoms with Crippen LogP contribution in [-0.2, 0) is 6.54 Å². The van der Waals surface area contributed by atoms with Crippen LogP contribution in [-0.4, -0.2) is 12.2 Å². The molecule has 112 valence electrons. The molecule has 2 N–H and O–H groups in total. The normalized spacial score (nSPS) is 10.5. The van der Waals surface area contributed by atoms with Crippen LogP contribution in [0.25, 0.3) is 0 Å². The van der Waals surface area contributed by atoms with Crippen LogP contribution in [0.3, 0.4) is 0 Å². The first kappa shape index (κ1) is 15.5. The third-order valence-electron chi connectivity index (χ3n) is 2.80. The number of aromatic hydroxyl groups is 1. The van der Waals surface area contributed by atoms with Crippen molar-refractivity contribution in [2.75, 3.05) is 12.4 Å². The summed E-state index contributed by atoms with van der Waals surface area (Å²) in [5.74, 6) is -3.08. The minimum Gasteiger partial charge on any atom is -0.503 e. The van der Waals surface area contributed by atoms with E-state index in [1.54, 1.807) is 12.1 Å². The second-order valence-electron chi connectivity index (χ2n) is 4.23. The summed E-state index contributed by atoms with van der Waals surface area (Å²) in [6, 6.07) is 4.37. The third kappa shape index (κ3) is 3.41. The molecule has 0 spiro atoms. The zero-order chi connectivity index (χ0) is 15.6. The highest BCUT2D eigenvalue weighted by atomic mass is 79.9. The zero-order valence-corrected chi connectivity index (χ0v) is 12.5. The second kappa shape index (κ2) is 6.26. The Kier molecular flexibility index (Phi) is 4.62. The summed E-state index contributed by atoms with van der Waals surface area (Å²) >= 11 is 3.16. The standard InChI is InChI=1S/C14H11BrF3NO2/c1-21-13-3-7(2-8(15)14(13)20)6-19-12-5-10(17)9(16)4-11(12)18/h2-5,19-20H,6H2,1H3. The predicted molar refractivity (Wildman–Crippen MR) is 76.0 cm³/mol. The fraction of sp³-hybridized carbons (Fsp3) is 0.143. The fourth-order valence-corrected chi connectivity index (χ4v) is 2.23. The Balaban J connectivity index is 2.21. The molecule has 2 aromatic carbocycles. The largest absolute Gasteiger partial charge is 0.503 e. The van der Waals surface area contributed by atoms with Gasteiger partial charge in [0.25, 0.3) is 0 Å². The van der Waals surface area contributed by atoms with Crippen molar-refractivity contribution in [1.82, 2.24) is 0 Å². The van der Waals surface area contributed by atoms with Crippen LogP contribution in [0.2, 0.25) is 0 Å². The number of hydrogen-bond donors (Lipinski definition) is 2. The maximum atomic E-state index is 13.5. The molecular formula is C14H11BrF3NO2. The van der Waals surface area contributed by atoms with Crippen molar-refractivity contribution in [3.63, 3.8) is 0 Å². The van der Waals surface area contributed by atoms with Gasteiger partial charge in [-0.3, -0.25) is 0 Å². The first-order valence-corrected chi connectivity index (χ1v) is 6.65. The van der Waals surface area contributed by atoms with Crippen LogP contribution in [0.4, 0.5) is 18.9 Å². The highest BCUT2D eigenvalue weighted by molar-refractivity contribution is 9.10. The summed E-state index contributed by atoms with van der Waals surface area (Å²) < 4.78 is 44.8. The molecule has 3 nitrogen and oxygen atoms in total. The molecule has 0 bridgehead atoms. The molecule has 0 heterocycles. The predicted octanol–water partition coefficient (Wildman–Crippen LogP) is 4.19. The number of anilines is 1. The molecule has 2 rings (SSSR count). The molecule has 0 aliphatic heterocycles. The van der Waals surface area contributed by atoms with Crippen molar-refractivity contribution in [2.24, 2.45) is 0 Å². The second-order valence-corrected chi connectivity index (χ2v) is 5.08. The minimum atomic E-state index is -1.24. The van der Waals surface area contributed by atoms with E-state index in [1.807, 2.05) is 0 Å². The topological polar surface area (TPSA) is 41.5 Å². The summed E-state index contributed by atoms with van der Waals surface area (Å²) in [4.78, 5) is 0. The Morgan fingerprint density at radius 2 is 1.76 bits per heavy atom. The van der Waals surface area contributed by atoms with Gasteiger partial charge in [-0.25, -0.2) is 13.2 Å². The molecule has 2 aromatic rings. The highest BCUT2D eigenvalue weighted by Crippen LogP contribution is 2.35. The van der Waals surface area contributed by atoms with Gasteiger partial charge in [-0.1, -0.05) is 0 Å². The van der Waals surface area contributed by atoms with Crippen molar-refractivity contribution in [2.45, 2.75) is 6.54 Å². The van der Waals surface area contributed by atoms with Gasteiger partial charge in [-0.2, -0.15) is 0 Å². The van der Waals surface area contributed by atoms with Gasteiger partial charge < -0.3 is 15.2 Å². The lowest BCUT2D eigenvalue weighted by molar-refractivity contribution is 0.371. The van der Waals surface area contributed by atoms with Crippen LogP contribution >= 0.6 is 15.9 Å². The number of ether oxygens (including phenoxy) is 1. The van der Waals surface area contributed by atoms with Gasteiger partial charge in [0.05, 0.1) is 17.3 Å². The van der Waals surface area contributed by atoms with Gasteiger partial charge in [0, 0.05) is 18.7 Å². The van der Waals surface area contributed by atoms with Crippen molar-refractivity contribution in [3.8, 4) is 11.5 Å². The molecule has 0 aliphatic carbocycles. The van der Waals surface area contributed by atoms with Crippen molar-refractivity contribution in [3.05, 3.63) is 51.8 Å².